The predicted molar refractivity (Wildman–Crippen MR) is 162 cm³/mol. The Hall–Kier alpha value is -1.85. The molecule has 0 aromatic carbocycles. The van der Waals surface area contributed by atoms with Gasteiger partial charge < -0.3 is 14.2 Å². The molecule has 5 aliphatic carbocycles. The Morgan fingerprint density at radius 2 is 1.40 bits per heavy atom. The van der Waals surface area contributed by atoms with Gasteiger partial charge >= 0.3 is 17.9 Å². The number of hydrogen-bond donors (Lipinski definition) is 0. The minimum atomic E-state index is -0.218. The highest BCUT2D eigenvalue weighted by Crippen LogP contribution is 2.75. The normalized spacial score (nSPS) is 45.6. The molecule has 0 aromatic heterocycles. The quantitative estimate of drug-likeness (QED) is 0.186. The Kier molecular flexibility index (Phi) is 7.79. The molecule has 6 heteroatoms. The summed E-state index contributed by atoms with van der Waals surface area (Å²) in [6, 6.07) is 0. The highest BCUT2D eigenvalue weighted by Gasteiger charge is 2.68. The SMILES string of the molecule is CC(=O)OC[C@]1(C)CC[C@]2(COC(C)=O)CC[C@]3(C)C(=CC[C@@H]4[C@@]5(C)CC[C@H](OC(C)=O)C(C)(C)[C@@H]5CC[C@]43C)[C@@H]2C1. The summed E-state index contributed by atoms with van der Waals surface area (Å²) in [6.45, 7) is 20.2. The number of ether oxygens (including phenoxy) is 3. The molecule has 0 saturated heterocycles. The summed E-state index contributed by atoms with van der Waals surface area (Å²) in [6.07, 6.45) is 13.1. The number of esters is 3. The van der Waals surface area contributed by atoms with Crippen LogP contribution in [0.4, 0.5) is 0 Å². The standard InChI is InChI=1S/C36H56O6/c1-23(37)40-21-32(6)16-18-36(22-41-24(2)38)19-17-34(8)26(27(36)20-32)10-11-29-33(7)14-13-30(42-25(3)39)31(4,5)28(33)12-15-35(29,34)9/h10,27-30H,11-22H2,1-9H3/t27-,28-,29+,30-,32+,33-,34+,35+,36+/m0/s1. The Bertz CT molecular complexity index is 1160. The van der Waals surface area contributed by atoms with E-state index in [-0.39, 0.29) is 56.5 Å². The van der Waals surface area contributed by atoms with Crippen LogP contribution in [0, 0.1) is 50.2 Å². The number of fused-ring (bicyclic) bond motifs is 7. The van der Waals surface area contributed by atoms with Gasteiger partial charge in [-0.25, -0.2) is 0 Å². The fraction of sp³-hybridized carbons (Fsp3) is 0.861. The van der Waals surface area contributed by atoms with Crippen LogP contribution in [0.15, 0.2) is 11.6 Å². The van der Waals surface area contributed by atoms with E-state index in [0.29, 0.717) is 31.0 Å². The molecule has 0 bridgehead atoms. The van der Waals surface area contributed by atoms with E-state index in [0.717, 1.165) is 57.8 Å². The van der Waals surface area contributed by atoms with E-state index >= 15 is 0 Å². The zero-order valence-electron chi connectivity index (χ0n) is 27.8. The van der Waals surface area contributed by atoms with E-state index in [1.807, 2.05) is 0 Å². The maximum Gasteiger partial charge on any atom is 0.302 e. The molecule has 6 nitrogen and oxygen atoms in total. The van der Waals surface area contributed by atoms with Gasteiger partial charge in [-0.3, -0.25) is 14.4 Å². The summed E-state index contributed by atoms with van der Waals surface area (Å²) in [5.41, 5.74) is 1.79. The number of hydrogen-bond acceptors (Lipinski definition) is 6. The summed E-state index contributed by atoms with van der Waals surface area (Å²) >= 11 is 0. The van der Waals surface area contributed by atoms with Crippen LogP contribution < -0.4 is 0 Å². The fourth-order valence-corrected chi connectivity index (χ4v) is 11.6. The Morgan fingerprint density at radius 1 is 0.762 bits per heavy atom. The third kappa shape index (κ3) is 4.76. The van der Waals surface area contributed by atoms with Gasteiger partial charge in [-0.1, -0.05) is 53.2 Å². The van der Waals surface area contributed by atoms with Gasteiger partial charge in [0.25, 0.3) is 0 Å². The van der Waals surface area contributed by atoms with Crippen molar-refractivity contribution in [2.75, 3.05) is 13.2 Å². The van der Waals surface area contributed by atoms with E-state index in [9.17, 15) is 14.4 Å². The first-order valence-corrected chi connectivity index (χ1v) is 16.6. The first-order chi connectivity index (χ1) is 19.4. The number of carbonyl (C=O) groups is 3. The average molecular weight is 585 g/mol. The van der Waals surface area contributed by atoms with Crippen LogP contribution in [0.2, 0.25) is 0 Å². The Morgan fingerprint density at radius 3 is 2.05 bits per heavy atom. The highest BCUT2D eigenvalue weighted by molar-refractivity contribution is 5.66. The van der Waals surface area contributed by atoms with Crippen LogP contribution >= 0.6 is 0 Å². The molecule has 9 atom stereocenters. The van der Waals surface area contributed by atoms with Crippen molar-refractivity contribution in [2.45, 2.75) is 133 Å². The van der Waals surface area contributed by atoms with Crippen molar-refractivity contribution in [1.82, 2.24) is 0 Å². The predicted octanol–water partition coefficient (Wildman–Crippen LogP) is 7.83. The first kappa shape index (κ1) is 31.6. The maximum absolute atomic E-state index is 12.0. The van der Waals surface area contributed by atoms with Crippen molar-refractivity contribution < 1.29 is 28.6 Å². The fourth-order valence-electron chi connectivity index (χ4n) is 11.6. The molecule has 5 rings (SSSR count). The zero-order valence-corrected chi connectivity index (χ0v) is 27.8. The average Bonchev–Trinajstić information content (AvgIpc) is 2.89. The number of allylic oxidation sites excluding steroid dienone is 2. The van der Waals surface area contributed by atoms with Crippen LogP contribution in [-0.2, 0) is 28.6 Å². The van der Waals surface area contributed by atoms with Crippen LogP contribution in [-0.4, -0.2) is 37.2 Å². The second kappa shape index (κ2) is 10.4. The topological polar surface area (TPSA) is 78.9 Å². The summed E-state index contributed by atoms with van der Waals surface area (Å²) in [5, 5.41) is 0. The van der Waals surface area contributed by atoms with Crippen LogP contribution in [0.3, 0.4) is 0 Å². The second-order valence-electron chi connectivity index (χ2n) is 16.7. The lowest BCUT2D eigenvalue weighted by atomic mass is 9.33. The minimum absolute atomic E-state index is 0.0172. The molecule has 5 aliphatic rings. The van der Waals surface area contributed by atoms with Gasteiger partial charge in [-0.2, -0.15) is 0 Å². The molecule has 4 fully saturated rings. The maximum atomic E-state index is 12.0. The minimum Gasteiger partial charge on any atom is -0.465 e. The van der Waals surface area contributed by atoms with Crippen molar-refractivity contribution in [3.63, 3.8) is 0 Å². The molecule has 236 valence electrons. The van der Waals surface area contributed by atoms with Gasteiger partial charge in [-0.15, -0.1) is 0 Å². The van der Waals surface area contributed by atoms with Gasteiger partial charge in [0.2, 0.25) is 0 Å². The second-order valence-corrected chi connectivity index (χ2v) is 16.7. The van der Waals surface area contributed by atoms with Crippen molar-refractivity contribution in [3.8, 4) is 0 Å². The van der Waals surface area contributed by atoms with E-state index < -0.39 is 0 Å². The van der Waals surface area contributed by atoms with E-state index in [1.54, 1.807) is 12.5 Å². The summed E-state index contributed by atoms with van der Waals surface area (Å²) in [5.74, 6) is 0.796. The molecule has 42 heavy (non-hydrogen) atoms. The lowest BCUT2D eigenvalue weighted by Crippen LogP contribution is -2.65. The zero-order chi connectivity index (χ0) is 30.9. The number of carbonyl (C=O) groups excluding carboxylic acids is 3. The lowest BCUT2D eigenvalue weighted by molar-refractivity contribution is -0.214. The van der Waals surface area contributed by atoms with Gasteiger partial charge in [0.15, 0.2) is 0 Å². The molecule has 0 aromatic rings. The van der Waals surface area contributed by atoms with Crippen LogP contribution in [0.5, 0.6) is 0 Å². The van der Waals surface area contributed by atoms with E-state index in [1.165, 1.54) is 20.3 Å². The van der Waals surface area contributed by atoms with E-state index in [4.69, 9.17) is 14.2 Å². The van der Waals surface area contributed by atoms with Gasteiger partial charge in [-0.05, 0) is 98.2 Å². The third-order valence-corrected chi connectivity index (χ3v) is 14.1. The summed E-state index contributed by atoms with van der Waals surface area (Å²) in [4.78, 5) is 35.8. The molecule has 0 N–H and O–H groups in total. The largest absolute Gasteiger partial charge is 0.465 e. The van der Waals surface area contributed by atoms with Crippen molar-refractivity contribution in [1.29, 1.82) is 0 Å². The molecule has 0 aliphatic heterocycles. The monoisotopic (exact) mass is 584 g/mol. The van der Waals surface area contributed by atoms with Gasteiger partial charge in [0.1, 0.15) is 6.10 Å². The lowest BCUT2D eigenvalue weighted by Gasteiger charge is -2.71. The first-order valence-electron chi connectivity index (χ1n) is 16.6. The third-order valence-electron chi connectivity index (χ3n) is 14.1. The molecule has 4 saturated carbocycles. The Labute approximate surface area is 254 Å². The highest BCUT2D eigenvalue weighted by atomic mass is 16.5. The van der Waals surface area contributed by atoms with Crippen molar-refractivity contribution in [2.24, 2.45) is 50.2 Å². The van der Waals surface area contributed by atoms with E-state index in [2.05, 4.69) is 47.6 Å². The molecule has 0 unspecified atom stereocenters. The molecular formula is C36H56O6. The van der Waals surface area contributed by atoms with Crippen molar-refractivity contribution in [3.05, 3.63) is 11.6 Å². The Balaban J connectivity index is 1.52. The van der Waals surface area contributed by atoms with Crippen LogP contribution in [0.25, 0.3) is 0 Å². The molecule has 0 heterocycles. The summed E-state index contributed by atoms with van der Waals surface area (Å²) in [7, 11) is 0. The molecular weight excluding hydrogens is 528 g/mol. The smallest absolute Gasteiger partial charge is 0.302 e. The molecule has 0 amide bonds. The molecule has 0 spiro atoms. The van der Waals surface area contributed by atoms with Gasteiger partial charge in [0.05, 0.1) is 13.2 Å². The van der Waals surface area contributed by atoms with Crippen LogP contribution in [0.1, 0.15) is 127 Å². The molecule has 0 radical (unpaired) electrons. The van der Waals surface area contributed by atoms with Gasteiger partial charge in [0, 0.05) is 37.0 Å². The number of rotatable bonds is 5. The summed E-state index contributed by atoms with van der Waals surface area (Å²) < 4.78 is 17.3. The van der Waals surface area contributed by atoms with Crippen molar-refractivity contribution >= 4 is 17.9 Å².